The summed E-state index contributed by atoms with van der Waals surface area (Å²) in [6.07, 6.45) is 8.22. The third-order valence-corrected chi connectivity index (χ3v) is 8.60. The number of rotatable bonds is 5. The van der Waals surface area contributed by atoms with Gasteiger partial charge >= 0.3 is 0 Å². The molecule has 5 nitrogen and oxygen atoms in total. The van der Waals surface area contributed by atoms with E-state index in [0.717, 1.165) is 29.5 Å². The van der Waals surface area contributed by atoms with Gasteiger partial charge in [0.1, 0.15) is 18.1 Å². The summed E-state index contributed by atoms with van der Waals surface area (Å²) < 4.78 is 8.11. The molecule has 0 radical (unpaired) electrons. The van der Waals surface area contributed by atoms with Gasteiger partial charge < -0.3 is 4.74 Å². The van der Waals surface area contributed by atoms with Crippen LogP contribution in [-0.4, -0.2) is 15.0 Å². The molecule has 182 valence electrons. The van der Waals surface area contributed by atoms with E-state index < -0.39 is 0 Å². The van der Waals surface area contributed by atoms with E-state index in [1.54, 1.807) is 22.4 Å². The first kappa shape index (κ1) is 23.6. The summed E-state index contributed by atoms with van der Waals surface area (Å²) in [6.45, 7) is 12.4. The molecular formula is C30H36N4O. The van der Waals surface area contributed by atoms with Crippen LogP contribution in [0.15, 0.2) is 42.6 Å². The predicted molar refractivity (Wildman–Crippen MR) is 138 cm³/mol. The quantitative estimate of drug-likeness (QED) is 0.410. The van der Waals surface area contributed by atoms with Crippen LogP contribution >= 0.6 is 0 Å². The Kier molecular flexibility index (Phi) is 5.95. The van der Waals surface area contributed by atoms with Crippen LogP contribution in [0, 0.1) is 22.7 Å². The number of hydrogen-bond donors (Lipinski definition) is 0. The molecule has 0 N–H and O–H groups in total. The molecular weight excluding hydrogens is 432 g/mol. The summed E-state index contributed by atoms with van der Waals surface area (Å²) >= 11 is 0. The molecule has 0 bridgehead atoms. The average Bonchev–Trinajstić information content (AvgIpc) is 3.30. The normalized spacial score (nSPS) is 22.8. The van der Waals surface area contributed by atoms with Crippen LogP contribution in [0.2, 0.25) is 0 Å². The number of aromatic nitrogens is 3. The molecule has 0 saturated heterocycles. The predicted octanol–water partition coefficient (Wildman–Crippen LogP) is 6.87. The molecule has 2 aromatic carbocycles. The first-order valence-electron chi connectivity index (χ1n) is 12.9. The van der Waals surface area contributed by atoms with Gasteiger partial charge in [0.15, 0.2) is 0 Å². The molecule has 0 spiro atoms. The molecule has 0 unspecified atom stereocenters. The molecule has 1 aromatic heterocycles. The summed E-state index contributed by atoms with van der Waals surface area (Å²) in [4.78, 5) is 0. The van der Waals surface area contributed by atoms with Crippen molar-refractivity contribution in [2.75, 3.05) is 0 Å². The van der Waals surface area contributed by atoms with Crippen molar-refractivity contribution < 1.29 is 4.74 Å². The van der Waals surface area contributed by atoms with Crippen molar-refractivity contribution in [2.45, 2.75) is 84.7 Å². The Morgan fingerprint density at radius 1 is 1.11 bits per heavy atom. The Bertz CT molecular complexity index is 1260. The maximum absolute atomic E-state index is 9.01. The topological polar surface area (TPSA) is 63.7 Å². The Hall–Kier alpha value is -3.13. The summed E-state index contributed by atoms with van der Waals surface area (Å²) in [7, 11) is 0. The minimum Gasteiger partial charge on any atom is -0.487 e. The lowest BCUT2D eigenvalue weighted by Gasteiger charge is -2.54. The highest BCUT2D eigenvalue weighted by atomic mass is 16.5. The van der Waals surface area contributed by atoms with E-state index in [2.05, 4.69) is 63.1 Å². The van der Waals surface area contributed by atoms with Gasteiger partial charge in [0.2, 0.25) is 0 Å². The Morgan fingerprint density at radius 2 is 1.89 bits per heavy atom. The number of nitriles is 1. The lowest BCUT2D eigenvalue weighted by atomic mass is 9.50. The monoisotopic (exact) mass is 468 g/mol. The highest BCUT2D eigenvalue weighted by Crippen LogP contribution is 2.58. The van der Waals surface area contributed by atoms with Gasteiger partial charge in [-0.25, -0.2) is 4.68 Å². The van der Waals surface area contributed by atoms with Gasteiger partial charge in [0.05, 0.1) is 23.5 Å². The third-order valence-electron chi connectivity index (χ3n) is 8.60. The van der Waals surface area contributed by atoms with E-state index in [4.69, 9.17) is 10.00 Å². The lowest BCUT2D eigenvalue weighted by molar-refractivity contribution is 0.0404. The van der Waals surface area contributed by atoms with Crippen molar-refractivity contribution in [2.24, 2.45) is 11.3 Å². The minimum atomic E-state index is 0.251. The van der Waals surface area contributed by atoms with Crippen LogP contribution in [-0.2, 0) is 18.4 Å². The maximum atomic E-state index is 9.01. The molecule has 1 fully saturated rings. The van der Waals surface area contributed by atoms with Gasteiger partial charge in [-0.1, -0.05) is 52.3 Å². The molecule has 2 aliphatic carbocycles. The molecule has 3 aromatic rings. The van der Waals surface area contributed by atoms with Crippen molar-refractivity contribution in [1.82, 2.24) is 15.0 Å². The van der Waals surface area contributed by atoms with Crippen molar-refractivity contribution in [3.05, 3.63) is 70.5 Å². The molecule has 5 rings (SSSR count). The van der Waals surface area contributed by atoms with Crippen molar-refractivity contribution in [1.29, 1.82) is 5.26 Å². The second kappa shape index (κ2) is 8.82. The van der Waals surface area contributed by atoms with Crippen LogP contribution in [0.4, 0.5) is 0 Å². The van der Waals surface area contributed by atoms with Crippen molar-refractivity contribution in [3.8, 4) is 17.5 Å². The molecule has 0 aliphatic heterocycles. The number of benzene rings is 2. The fourth-order valence-corrected chi connectivity index (χ4v) is 6.98. The van der Waals surface area contributed by atoms with Gasteiger partial charge in [-0.2, -0.15) is 5.26 Å². The van der Waals surface area contributed by atoms with Gasteiger partial charge in [0, 0.05) is 5.56 Å². The zero-order valence-corrected chi connectivity index (χ0v) is 21.6. The smallest absolute Gasteiger partial charge is 0.134 e. The highest BCUT2D eigenvalue weighted by molar-refractivity contribution is 5.52. The fraction of sp³-hybridized carbons (Fsp3) is 0.500. The standard InChI is InChI=1S/C30H36N4O/c1-20(2)28-24-11-14-27-29(3,4)15-6-16-30(27,5)25(24)12-13-26(28)35-19-22-18-34(33-32-22)23-9-7-21(17-31)8-10-23/h7-10,12-13,18,20,27H,6,11,14-16,19H2,1-5H3/t27-,30+/m0/s1. The maximum Gasteiger partial charge on any atom is 0.134 e. The number of ether oxygens (including phenoxy) is 1. The molecule has 1 saturated carbocycles. The molecule has 1 heterocycles. The summed E-state index contributed by atoms with van der Waals surface area (Å²) in [5, 5.41) is 17.6. The third kappa shape index (κ3) is 4.14. The molecule has 35 heavy (non-hydrogen) atoms. The van der Waals surface area contributed by atoms with Crippen molar-refractivity contribution in [3.63, 3.8) is 0 Å². The van der Waals surface area contributed by atoms with Crippen LogP contribution in [0.25, 0.3) is 5.69 Å². The molecule has 5 heteroatoms. The first-order valence-corrected chi connectivity index (χ1v) is 12.9. The van der Waals surface area contributed by atoms with E-state index in [1.165, 1.54) is 36.8 Å². The summed E-state index contributed by atoms with van der Waals surface area (Å²) in [6, 6.07) is 14.0. The largest absolute Gasteiger partial charge is 0.487 e. The second-order valence-electron chi connectivity index (χ2n) is 11.6. The molecule has 0 amide bonds. The zero-order valence-electron chi connectivity index (χ0n) is 21.6. The number of fused-ring (bicyclic) bond motifs is 3. The Morgan fingerprint density at radius 3 is 2.60 bits per heavy atom. The number of nitrogens with zero attached hydrogens (tertiary/aromatic N) is 4. The van der Waals surface area contributed by atoms with Crippen LogP contribution in [0.1, 0.15) is 94.2 Å². The average molecular weight is 469 g/mol. The van der Waals surface area contributed by atoms with Gasteiger partial charge in [0.25, 0.3) is 0 Å². The first-order chi connectivity index (χ1) is 16.7. The van der Waals surface area contributed by atoms with Crippen LogP contribution < -0.4 is 4.74 Å². The molecule has 2 atom stereocenters. The van der Waals surface area contributed by atoms with Gasteiger partial charge in [-0.3, -0.25) is 0 Å². The SMILES string of the molecule is CC(C)c1c(OCc2cn(-c3ccc(C#N)cc3)nn2)ccc2c1CC[C@H]1C(C)(C)CCC[C@]21C. The van der Waals surface area contributed by atoms with Crippen molar-refractivity contribution >= 4 is 0 Å². The van der Waals surface area contributed by atoms with E-state index in [1.807, 2.05) is 18.3 Å². The molecule has 2 aliphatic rings. The van der Waals surface area contributed by atoms with E-state index in [0.29, 0.717) is 23.5 Å². The van der Waals surface area contributed by atoms with Gasteiger partial charge in [-0.15, -0.1) is 5.10 Å². The van der Waals surface area contributed by atoms with Crippen LogP contribution in [0.5, 0.6) is 5.75 Å². The fourth-order valence-electron chi connectivity index (χ4n) is 6.98. The van der Waals surface area contributed by atoms with Gasteiger partial charge in [-0.05, 0) is 89.8 Å². The van der Waals surface area contributed by atoms with E-state index in [9.17, 15) is 0 Å². The number of hydrogen-bond acceptors (Lipinski definition) is 4. The zero-order chi connectivity index (χ0) is 24.8. The summed E-state index contributed by atoms with van der Waals surface area (Å²) in [5.74, 6) is 2.11. The summed E-state index contributed by atoms with van der Waals surface area (Å²) in [5.41, 5.74) is 7.38. The lowest BCUT2D eigenvalue weighted by Crippen LogP contribution is -2.48. The van der Waals surface area contributed by atoms with Crippen LogP contribution in [0.3, 0.4) is 0 Å². The van der Waals surface area contributed by atoms with E-state index >= 15 is 0 Å². The Labute approximate surface area is 209 Å². The highest BCUT2D eigenvalue weighted by Gasteiger charge is 2.50. The Balaban J connectivity index is 1.40. The second-order valence-corrected chi connectivity index (χ2v) is 11.6. The van der Waals surface area contributed by atoms with E-state index in [-0.39, 0.29) is 5.41 Å². The minimum absolute atomic E-state index is 0.251.